The predicted molar refractivity (Wildman–Crippen MR) is 72.5 cm³/mol. The first kappa shape index (κ1) is 15.3. The molecule has 4 N–H and O–H groups in total. The van der Waals surface area contributed by atoms with E-state index in [-0.39, 0.29) is 11.9 Å². The molecule has 6 heteroatoms. The minimum Gasteiger partial charge on any atom is -0.480 e. The molecule has 0 aliphatic heterocycles. The number of nitrogens with one attached hydrogen (secondary N) is 1. The van der Waals surface area contributed by atoms with Crippen molar-refractivity contribution in [2.45, 2.75) is 44.7 Å². The van der Waals surface area contributed by atoms with Gasteiger partial charge in [0.2, 0.25) is 5.91 Å². The average Bonchev–Trinajstić information content (AvgIpc) is 2.65. The van der Waals surface area contributed by atoms with Crippen LogP contribution < -0.4 is 11.1 Å². The van der Waals surface area contributed by atoms with Gasteiger partial charge in [-0.15, -0.1) is 0 Å². The fourth-order valence-electron chi connectivity index (χ4n) is 2.29. The van der Waals surface area contributed by atoms with Gasteiger partial charge in [-0.3, -0.25) is 4.79 Å². The van der Waals surface area contributed by atoms with Crippen LogP contribution in [-0.4, -0.2) is 41.1 Å². The Bertz CT molecular complexity index is 324. The molecule has 0 radical (unpaired) electrons. The highest BCUT2D eigenvalue weighted by Crippen LogP contribution is 2.36. The van der Waals surface area contributed by atoms with Crippen molar-refractivity contribution in [2.24, 2.45) is 11.1 Å². The van der Waals surface area contributed by atoms with E-state index in [0.29, 0.717) is 12.2 Å². The average molecular weight is 274 g/mol. The normalized spacial score (nSPS) is 28.9. The molecule has 1 aliphatic carbocycles. The van der Waals surface area contributed by atoms with E-state index in [4.69, 9.17) is 10.8 Å². The molecular weight excluding hydrogens is 252 g/mol. The van der Waals surface area contributed by atoms with Crippen LogP contribution in [0, 0.1) is 5.41 Å². The third kappa shape index (κ3) is 3.38. The Morgan fingerprint density at radius 3 is 2.72 bits per heavy atom. The summed E-state index contributed by atoms with van der Waals surface area (Å²) in [5.74, 6) is -0.492. The Hall–Kier alpha value is -0.750. The van der Waals surface area contributed by atoms with Gasteiger partial charge in [0, 0.05) is 6.04 Å². The maximum atomic E-state index is 12.2. The summed E-state index contributed by atoms with van der Waals surface area (Å²) in [6, 6.07) is -0.984. The Labute approximate surface area is 112 Å². The van der Waals surface area contributed by atoms with Crippen LogP contribution in [-0.2, 0) is 9.59 Å². The summed E-state index contributed by atoms with van der Waals surface area (Å²) in [7, 11) is 0. The number of carbonyl (C=O) groups is 2. The van der Waals surface area contributed by atoms with E-state index >= 15 is 0 Å². The van der Waals surface area contributed by atoms with E-state index < -0.39 is 17.4 Å². The second kappa shape index (κ2) is 6.43. The second-order valence-corrected chi connectivity index (χ2v) is 6.05. The van der Waals surface area contributed by atoms with E-state index in [1.165, 1.54) is 0 Å². The number of thioether (sulfide) groups is 1. The summed E-state index contributed by atoms with van der Waals surface area (Å²) in [5, 5.41) is 11.7. The lowest BCUT2D eigenvalue weighted by atomic mass is 9.84. The third-order valence-corrected chi connectivity index (χ3v) is 4.41. The highest BCUT2D eigenvalue weighted by molar-refractivity contribution is 7.98. The van der Waals surface area contributed by atoms with Gasteiger partial charge in [-0.25, -0.2) is 4.79 Å². The molecule has 0 aromatic heterocycles. The summed E-state index contributed by atoms with van der Waals surface area (Å²) in [6.45, 7) is 1.83. The van der Waals surface area contributed by atoms with Crippen molar-refractivity contribution in [1.29, 1.82) is 0 Å². The molecule has 2 unspecified atom stereocenters. The number of hydrogen-bond acceptors (Lipinski definition) is 4. The molecule has 1 rings (SSSR count). The molecule has 0 aromatic carbocycles. The van der Waals surface area contributed by atoms with Crippen LogP contribution in [0.3, 0.4) is 0 Å². The van der Waals surface area contributed by atoms with Crippen LogP contribution in [0.25, 0.3) is 0 Å². The van der Waals surface area contributed by atoms with Gasteiger partial charge < -0.3 is 16.2 Å². The molecule has 104 valence electrons. The van der Waals surface area contributed by atoms with E-state index in [9.17, 15) is 9.59 Å². The highest BCUT2D eigenvalue weighted by atomic mass is 32.2. The van der Waals surface area contributed by atoms with Gasteiger partial charge in [-0.2, -0.15) is 11.8 Å². The van der Waals surface area contributed by atoms with E-state index in [0.717, 1.165) is 19.3 Å². The number of nitrogens with two attached hydrogens (primary N) is 1. The fraction of sp³-hybridized carbons (Fsp3) is 0.833. The summed E-state index contributed by atoms with van der Waals surface area (Å²) >= 11 is 1.57. The van der Waals surface area contributed by atoms with Crippen molar-refractivity contribution >= 4 is 23.6 Å². The van der Waals surface area contributed by atoms with Crippen molar-refractivity contribution < 1.29 is 14.7 Å². The van der Waals surface area contributed by atoms with Crippen LogP contribution in [0.1, 0.15) is 32.6 Å². The molecule has 0 aromatic rings. The number of amides is 1. The SMILES string of the molecule is CSCC[C@@H](NC(=O)C1(C)CCCC1N)C(=O)O. The number of carboxylic acids is 1. The number of hydrogen-bond donors (Lipinski definition) is 3. The molecule has 0 saturated heterocycles. The molecule has 1 amide bonds. The zero-order valence-electron chi connectivity index (χ0n) is 10.9. The van der Waals surface area contributed by atoms with Crippen LogP contribution in [0.5, 0.6) is 0 Å². The van der Waals surface area contributed by atoms with Crippen molar-refractivity contribution in [3.8, 4) is 0 Å². The Kier molecular flexibility index (Phi) is 5.47. The van der Waals surface area contributed by atoms with Gasteiger partial charge in [-0.05, 0) is 38.2 Å². The molecule has 18 heavy (non-hydrogen) atoms. The smallest absolute Gasteiger partial charge is 0.326 e. The van der Waals surface area contributed by atoms with Gasteiger partial charge in [0.05, 0.1) is 5.41 Å². The van der Waals surface area contributed by atoms with Gasteiger partial charge in [-0.1, -0.05) is 6.42 Å². The molecule has 3 atom stereocenters. The maximum Gasteiger partial charge on any atom is 0.326 e. The zero-order chi connectivity index (χ0) is 13.8. The van der Waals surface area contributed by atoms with Crippen molar-refractivity contribution in [3.05, 3.63) is 0 Å². The van der Waals surface area contributed by atoms with Gasteiger partial charge in [0.25, 0.3) is 0 Å². The van der Waals surface area contributed by atoms with E-state index in [2.05, 4.69) is 5.32 Å². The first-order valence-electron chi connectivity index (χ1n) is 6.20. The predicted octanol–water partition coefficient (Wildman–Crippen LogP) is 0.826. The van der Waals surface area contributed by atoms with Crippen LogP contribution in [0.2, 0.25) is 0 Å². The lowest BCUT2D eigenvalue weighted by molar-refractivity contribution is -0.143. The molecule has 1 aliphatic rings. The summed E-state index contributed by atoms with van der Waals surface area (Å²) in [5.41, 5.74) is 5.34. The fourth-order valence-corrected chi connectivity index (χ4v) is 2.76. The van der Waals surface area contributed by atoms with Crippen LogP contribution >= 0.6 is 11.8 Å². The van der Waals surface area contributed by atoms with Gasteiger partial charge >= 0.3 is 5.97 Å². The molecular formula is C12H22N2O3S. The largest absolute Gasteiger partial charge is 0.480 e. The second-order valence-electron chi connectivity index (χ2n) is 5.06. The van der Waals surface area contributed by atoms with Gasteiger partial charge in [0.15, 0.2) is 0 Å². The van der Waals surface area contributed by atoms with E-state index in [1.54, 1.807) is 11.8 Å². The zero-order valence-corrected chi connectivity index (χ0v) is 11.8. The quantitative estimate of drug-likeness (QED) is 0.667. The number of carbonyl (C=O) groups excluding carboxylic acids is 1. The molecule has 1 fully saturated rings. The third-order valence-electron chi connectivity index (χ3n) is 3.76. The Balaban J connectivity index is 2.63. The number of carboxylic acid groups (broad SMARTS) is 1. The van der Waals surface area contributed by atoms with Crippen LogP contribution in [0.15, 0.2) is 0 Å². The Morgan fingerprint density at radius 1 is 1.61 bits per heavy atom. The minimum absolute atomic E-state index is 0.174. The van der Waals surface area contributed by atoms with Crippen molar-refractivity contribution in [3.63, 3.8) is 0 Å². The summed E-state index contributed by atoms with van der Waals surface area (Å²) in [4.78, 5) is 23.3. The molecule has 5 nitrogen and oxygen atoms in total. The lowest BCUT2D eigenvalue weighted by Crippen LogP contribution is -2.52. The van der Waals surface area contributed by atoms with Crippen molar-refractivity contribution in [1.82, 2.24) is 5.32 Å². The molecule has 0 bridgehead atoms. The topological polar surface area (TPSA) is 92.4 Å². The maximum absolute atomic E-state index is 12.2. The molecule has 1 saturated carbocycles. The summed E-state index contributed by atoms with van der Waals surface area (Å²) in [6.07, 6.45) is 4.83. The number of rotatable bonds is 6. The van der Waals surface area contributed by atoms with Crippen molar-refractivity contribution in [2.75, 3.05) is 12.0 Å². The molecule has 0 heterocycles. The van der Waals surface area contributed by atoms with E-state index in [1.807, 2.05) is 13.2 Å². The van der Waals surface area contributed by atoms with Gasteiger partial charge in [0.1, 0.15) is 6.04 Å². The minimum atomic E-state index is -0.979. The first-order chi connectivity index (χ1) is 8.41. The first-order valence-corrected chi connectivity index (χ1v) is 7.59. The summed E-state index contributed by atoms with van der Waals surface area (Å²) < 4.78 is 0. The van der Waals surface area contributed by atoms with Crippen LogP contribution in [0.4, 0.5) is 0 Å². The Morgan fingerprint density at radius 2 is 2.28 bits per heavy atom. The number of aliphatic carboxylic acids is 1. The monoisotopic (exact) mass is 274 g/mol. The standard InChI is InChI=1S/C12H22N2O3S/c1-12(6-3-4-9(12)13)11(17)14-8(10(15)16)5-7-18-2/h8-9H,3-7,13H2,1-2H3,(H,14,17)(H,15,16)/t8-,9?,12?/m1/s1. The lowest BCUT2D eigenvalue weighted by Gasteiger charge is -2.29. The highest BCUT2D eigenvalue weighted by Gasteiger charge is 2.43. The molecule has 0 spiro atoms.